The molecule has 1 radical (unpaired) electrons. The van der Waals surface area contributed by atoms with E-state index in [1.165, 1.54) is 0 Å². The fraction of sp³-hybridized carbons (Fsp3) is 0.308. The summed E-state index contributed by atoms with van der Waals surface area (Å²) in [6.07, 6.45) is 0. The molecule has 29 heavy (non-hydrogen) atoms. The summed E-state index contributed by atoms with van der Waals surface area (Å²) in [6, 6.07) is 22.6. The molecule has 0 aliphatic carbocycles. The zero-order valence-electron chi connectivity index (χ0n) is 18.2. The van der Waals surface area contributed by atoms with Crippen molar-refractivity contribution in [3.05, 3.63) is 77.9 Å². The van der Waals surface area contributed by atoms with Crippen LogP contribution >= 0.6 is 0 Å². The van der Waals surface area contributed by atoms with Crippen LogP contribution < -0.4 is 15.2 Å². The van der Waals surface area contributed by atoms with Gasteiger partial charge in [-0.1, -0.05) is 53.7 Å². The first-order valence-electron chi connectivity index (χ1n) is 9.90. The lowest BCUT2D eigenvalue weighted by Crippen LogP contribution is -2.16. The summed E-state index contributed by atoms with van der Waals surface area (Å²) in [5.41, 5.74) is 8.68. The third-order valence-electron chi connectivity index (χ3n) is 4.66. The van der Waals surface area contributed by atoms with Crippen molar-refractivity contribution in [2.24, 2.45) is 0 Å². The number of nitrogen functional groups attached to an aromatic ring is 1. The summed E-state index contributed by atoms with van der Waals surface area (Å²) < 4.78 is 12.3. The van der Waals surface area contributed by atoms with Crippen LogP contribution in [0.1, 0.15) is 52.7 Å². The minimum atomic E-state index is -0.0576. The Balaban J connectivity index is 1.93. The summed E-state index contributed by atoms with van der Waals surface area (Å²) in [4.78, 5) is 0. The molecule has 0 fully saturated rings. The molecule has 0 atom stereocenters. The van der Waals surface area contributed by atoms with Gasteiger partial charge in [-0.05, 0) is 58.9 Å². The normalized spacial score (nSPS) is 11.9. The minimum Gasteiger partial charge on any atom is -0.457 e. The van der Waals surface area contributed by atoms with Gasteiger partial charge in [0.25, 0.3) is 0 Å². The number of hydrogen-bond acceptors (Lipinski definition) is 3. The highest BCUT2D eigenvalue weighted by atomic mass is 16.5. The van der Waals surface area contributed by atoms with Gasteiger partial charge in [-0.25, -0.2) is 0 Å². The van der Waals surface area contributed by atoms with Crippen molar-refractivity contribution in [3.8, 4) is 23.0 Å². The molecule has 2 N–H and O–H groups in total. The highest BCUT2D eigenvalue weighted by Gasteiger charge is 2.23. The first-order chi connectivity index (χ1) is 13.5. The van der Waals surface area contributed by atoms with E-state index in [1.54, 1.807) is 6.07 Å². The fourth-order valence-electron chi connectivity index (χ4n) is 3.02. The van der Waals surface area contributed by atoms with Crippen molar-refractivity contribution in [1.29, 1.82) is 0 Å². The third-order valence-corrected chi connectivity index (χ3v) is 4.66. The average Bonchev–Trinajstić information content (AvgIpc) is 2.60. The summed E-state index contributed by atoms with van der Waals surface area (Å²) >= 11 is 0. The lowest BCUT2D eigenvalue weighted by molar-refractivity contribution is 0.442. The first-order valence-corrected chi connectivity index (χ1v) is 9.90. The fourth-order valence-corrected chi connectivity index (χ4v) is 3.02. The number of hydrogen-bond donors (Lipinski definition) is 1. The quantitative estimate of drug-likeness (QED) is 0.479. The molecule has 0 unspecified atom stereocenters. The highest BCUT2D eigenvalue weighted by molar-refractivity contribution is 5.48. The summed E-state index contributed by atoms with van der Waals surface area (Å²) in [6.45, 7) is 13.1. The van der Waals surface area contributed by atoms with Gasteiger partial charge in [-0.3, -0.25) is 0 Å². The van der Waals surface area contributed by atoms with Crippen molar-refractivity contribution in [3.63, 3.8) is 0 Å². The molecule has 0 saturated heterocycles. The van der Waals surface area contributed by atoms with Crippen molar-refractivity contribution in [1.82, 2.24) is 0 Å². The van der Waals surface area contributed by atoms with Gasteiger partial charge in [0.1, 0.15) is 23.0 Å². The van der Waals surface area contributed by atoms with E-state index in [0.717, 1.165) is 22.6 Å². The largest absolute Gasteiger partial charge is 0.457 e. The lowest BCUT2D eigenvalue weighted by Gasteiger charge is -2.26. The second-order valence-electron chi connectivity index (χ2n) is 9.38. The molecule has 0 saturated carbocycles. The van der Waals surface area contributed by atoms with Crippen molar-refractivity contribution in [2.75, 3.05) is 5.73 Å². The Morgan fingerprint density at radius 1 is 0.724 bits per heavy atom. The predicted molar refractivity (Wildman–Crippen MR) is 120 cm³/mol. The standard InChI is InChI=1S/C26H30NO2/c1-25(2,3)18-13-14-23(26(4,5)6)24(15-18)29-22-12-8-11-21(17-22)28-20-10-7-9-19(27)16-20/h7-12,14-17H,27H2,1-6H3. The van der Waals surface area contributed by atoms with Crippen LogP contribution in [0.3, 0.4) is 0 Å². The molecule has 151 valence electrons. The van der Waals surface area contributed by atoms with Crippen LogP contribution in [0, 0.1) is 6.07 Å². The molecular weight excluding hydrogens is 358 g/mol. The second kappa shape index (κ2) is 7.82. The maximum absolute atomic E-state index is 6.35. The van der Waals surface area contributed by atoms with Crippen LogP contribution in [0.15, 0.2) is 60.7 Å². The summed E-state index contributed by atoms with van der Waals surface area (Å²) in [7, 11) is 0. The number of nitrogens with two attached hydrogens (primary N) is 1. The van der Waals surface area contributed by atoms with Gasteiger partial charge in [-0.15, -0.1) is 0 Å². The molecule has 0 spiro atoms. The lowest BCUT2D eigenvalue weighted by atomic mass is 9.81. The Kier molecular flexibility index (Phi) is 5.61. The van der Waals surface area contributed by atoms with Crippen LogP contribution in [0.5, 0.6) is 23.0 Å². The minimum absolute atomic E-state index is 0.00722. The molecule has 3 heteroatoms. The van der Waals surface area contributed by atoms with Crippen molar-refractivity contribution >= 4 is 5.69 Å². The van der Waals surface area contributed by atoms with E-state index in [4.69, 9.17) is 15.2 Å². The maximum Gasteiger partial charge on any atom is 0.131 e. The number of benzene rings is 3. The highest BCUT2D eigenvalue weighted by Crippen LogP contribution is 2.38. The first kappa shape index (κ1) is 20.8. The second-order valence-corrected chi connectivity index (χ2v) is 9.38. The van der Waals surface area contributed by atoms with E-state index in [2.05, 4.69) is 59.7 Å². The Morgan fingerprint density at radius 2 is 1.31 bits per heavy atom. The van der Waals surface area contributed by atoms with E-state index in [0.29, 0.717) is 17.2 Å². The SMILES string of the molecule is CC(C)(C)c1[c]cc(C(C)(C)C)c(Oc2cccc(Oc3cccc(N)c3)c2)c1. The molecule has 0 aliphatic heterocycles. The molecule has 3 aromatic carbocycles. The third kappa shape index (κ3) is 5.32. The molecule has 0 aromatic heterocycles. The van der Waals surface area contributed by atoms with Crippen molar-refractivity contribution in [2.45, 2.75) is 52.4 Å². The molecule has 3 nitrogen and oxygen atoms in total. The van der Waals surface area contributed by atoms with Gasteiger partial charge in [0, 0.05) is 23.4 Å². The Hall–Kier alpha value is -2.94. The van der Waals surface area contributed by atoms with Gasteiger partial charge in [0.15, 0.2) is 0 Å². The zero-order valence-corrected chi connectivity index (χ0v) is 18.2. The molecule has 0 amide bonds. The summed E-state index contributed by atoms with van der Waals surface area (Å²) in [5.74, 6) is 2.97. The van der Waals surface area contributed by atoms with Gasteiger partial charge in [0.05, 0.1) is 0 Å². The predicted octanol–water partition coefficient (Wildman–Crippen LogP) is 7.25. The molecular formula is C26H30NO2. The maximum atomic E-state index is 6.35. The van der Waals surface area contributed by atoms with Crippen LogP contribution in [0.4, 0.5) is 5.69 Å². The smallest absolute Gasteiger partial charge is 0.131 e. The van der Waals surface area contributed by atoms with Crippen LogP contribution in [0.25, 0.3) is 0 Å². The van der Waals surface area contributed by atoms with E-state index < -0.39 is 0 Å². The number of anilines is 1. The number of rotatable bonds is 4. The molecule has 0 aliphatic rings. The van der Waals surface area contributed by atoms with Gasteiger partial charge in [-0.2, -0.15) is 0 Å². The average molecular weight is 389 g/mol. The van der Waals surface area contributed by atoms with E-state index in [9.17, 15) is 0 Å². The van der Waals surface area contributed by atoms with E-state index in [1.807, 2.05) is 42.5 Å². The number of ether oxygens (including phenoxy) is 2. The van der Waals surface area contributed by atoms with E-state index >= 15 is 0 Å². The zero-order chi connectivity index (χ0) is 21.2. The topological polar surface area (TPSA) is 44.5 Å². The van der Waals surface area contributed by atoms with E-state index in [-0.39, 0.29) is 10.8 Å². The molecule has 0 bridgehead atoms. The molecule has 3 rings (SSSR count). The summed E-state index contributed by atoms with van der Waals surface area (Å²) in [5, 5.41) is 0. The van der Waals surface area contributed by atoms with Crippen LogP contribution in [-0.2, 0) is 10.8 Å². The monoisotopic (exact) mass is 388 g/mol. The van der Waals surface area contributed by atoms with Crippen LogP contribution in [0.2, 0.25) is 0 Å². The Bertz CT molecular complexity index is 994. The Labute approximate surface area is 174 Å². The molecule has 0 heterocycles. The van der Waals surface area contributed by atoms with Gasteiger partial charge in [0.2, 0.25) is 0 Å². The van der Waals surface area contributed by atoms with Gasteiger partial charge < -0.3 is 15.2 Å². The van der Waals surface area contributed by atoms with Gasteiger partial charge >= 0.3 is 0 Å². The Morgan fingerprint density at radius 3 is 1.90 bits per heavy atom. The van der Waals surface area contributed by atoms with Crippen molar-refractivity contribution < 1.29 is 9.47 Å². The molecule has 3 aromatic rings. The van der Waals surface area contributed by atoms with Crippen LogP contribution in [-0.4, -0.2) is 0 Å².